The lowest BCUT2D eigenvalue weighted by Crippen LogP contribution is -2.19. The number of amidine groups is 1. The highest BCUT2D eigenvalue weighted by atomic mass is 79.9. The molecule has 0 radical (unpaired) electrons. The number of aliphatic imine (C=N–C) groups is 1. The molecule has 3 rings (SSSR count). The van der Waals surface area contributed by atoms with Gasteiger partial charge in [0, 0.05) is 4.47 Å². The smallest absolute Gasteiger partial charge is 0.264 e. The Morgan fingerprint density at radius 3 is 2.22 bits per heavy atom. The van der Waals surface area contributed by atoms with Crippen molar-refractivity contribution in [1.82, 2.24) is 5.32 Å². The molecular weight excluding hydrogens is 560 g/mol. The third kappa shape index (κ3) is 4.67. The highest BCUT2D eigenvalue weighted by Crippen LogP contribution is 2.36. The van der Waals surface area contributed by atoms with Crippen LogP contribution in [-0.4, -0.2) is 18.2 Å². The van der Waals surface area contributed by atoms with Gasteiger partial charge in [-0.05, 0) is 105 Å². The molecule has 0 unspecified atom stereocenters. The first-order chi connectivity index (χ1) is 12.8. The number of benzene rings is 2. The van der Waals surface area contributed by atoms with Crippen molar-refractivity contribution in [2.24, 2.45) is 4.99 Å². The van der Waals surface area contributed by atoms with Gasteiger partial charge in [0.25, 0.3) is 5.91 Å². The number of aryl methyl sites for hydroxylation is 2. The maximum absolute atomic E-state index is 12.3. The summed E-state index contributed by atoms with van der Waals surface area (Å²) < 4.78 is 8.01. The van der Waals surface area contributed by atoms with Gasteiger partial charge in [-0.3, -0.25) is 4.79 Å². The van der Waals surface area contributed by atoms with Crippen molar-refractivity contribution in [3.05, 3.63) is 59.3 Å². The summed E-state index contributed by atoms with van der Waals surface area (Å²) in [5.41, 5.74) is 3.90. The van der Waals surface area contributed by atoms with E-state index in [9.17, 15) is 4.79 Å². The zero-order chi connectivity index (χ0) is 19.7. The van der Waals surface area contributed by atoms with E-state index in [1.807, 2.05) is 44.2 Å². The fraction of sp³-hybridized carbons (Fsp3) is 0.158. The molecule has 0 spiro atoms. The largest absolute Gasteiger partial charge is 0.494 e. The maximum Gasteiger partial charge on any atom is 0.264 e. The van der Waals surface area contributed by atoms with Gasteiger partial charge in [-0.2, -0.15) is 0 Å². The van der Waals surface area contributed by atoms with Gasteiger partial charge in [-0.1, -0.05) is 15.9 Å². The summed E-state index contributed by atoms with van der Waals surface area (Å²) in [5, 5.41) is 3.39. The lowest BCUT2D eigenvalue weighted by atomic mass is 10.1. The van der Waals surface area contributed by atoms with Gasteiger partial charge in [-0.15, -0.1) is 0 Å². The second-order valence-electron chi connectivity index (χ2n) is 5.89. The average molecular weight is 575 g/mol. The van der Waals surface area contributed by atoms with Crippen LogP contribution in [0.2, 0.25) is 0 Å². The summed E-state index contributed by atoms with van der Waals surface area (Å²) in [6.07, 6.45) is 1.83. The van der Waals surface area contributed by atoms with Crippen LogP contribution in [0.5, 0.6) is 5.75 Å². The molecule has 1 N–H and O–H groups in total. The Bertz CT molecular complexity index is 956. The van der Waals surface area contributed by atoms with Crippen molar-refractivity contribution >= 4 is 82.4 Å². The van der Waals surface area contributed by atoms with Crippen LogP contribution in [0.25, 0.3) is 6.08 Å². The Labute approximate surface area is 187 Å². The Morgan fingerprint density at radius 1 is 1.07 bits per heavy atom. The van der Waals surface area contributed by atoms with E-state index in [4.69, 9.17) is 4.74 Å². The molecule has 1 fully saturated rings. The summed E-state index contributed by atoms with van der Waals surface area (Å²) in [5.74, 6) is 0.552. The van der Waals surface area contributed by atoms with Crippen LogP contribution in [0, 0.1) is 13.8 Å². The Kier molecular flexibility index (Phi) is 6.50. The summed E-state index contributed by atoms with van der Waals surface area (Å²) in [7, 11) is 1.61. The first-order valence-electron chi connectivity index (χ1n) is 7.88. The molecule has 0 atom stereocenters. The number of amides is 1. The van der Waals surface area contributed by atoms with E-state index in [1.165, 1.54) is 11.8 Å². The minimum atomic E-state index is -0.160. The molecular formula is C19H15Br3N2O2S. The molecule has 140 valence electrons. The zero-order valence-electron chi connectivity index (χ0n) is 14.7. The minimum Gasteiger partial charge on any atom is -0.494 e. The van der Waals surface area contributed by atoms with Crippen LogP contribution in [-0.2, 0) is 4.79 Å². The third-order valence-electron chi connectivity index (χ3n) is 3.83. The van der Waals surface area contributed by atoms with E-state index in [0.717, 1.165) is 35.8 Å². The van der Waals surface area contributed by atoms with Gasteiger partial charge in [0.2, 0.25) is 0 Å². The molecule has 0 aromatic heterocycles. The van der Waals surface area contributed by atoms with Crippen molar-refractivity contribution in [2.75, 3.05) is 7.11 Å². The Morgan fingerprint density at radius 2 is 1.67 bits per heavy atom. The molecule has 1 aliphatic heterocycles. The van der Waals surface area contributed by atoms with Gasteiger partial charge in [0.1, 0.15) is 5.75 Å². The summed E-state index contributed by atoms with van der Waals surface area (Å²) >= 11 is 11.8. The van der Waals surface area contributed by atoms with Gasteiger partial charge >= 0.3 is 0 Å². The number of halogens is 3. The lowest BCUT2D eigenvalue weighted by Gasteiger charge is -2.07. The van der Waals surface area contributed by atoms with Crippen LogP contribution in [0.4, 0.5) is 5.69 Å². The Balaban J connectivity index is 1.89. The highest BCUT2D eigenvalue weighted by molar-refractivity contribution is 9.11. The first kappa shape index (κ1) is 20.6. The van der Waals surface area contributed by atoms with Crippen LogP contribution in [0.1, 0.15) is 16.7 Å². The quantitative estimate of drug-likeness (QED) is 0.426. The number of carbonyl (C=O) groups is 1. The molecule has 0 aliphatic carbocycles. The molecule has 0 saturated carbocycles. The maximum atomic E-state index is 12.3. The average Bonchev–Trinajstić information content (AvgIpc) is 2.91. The van der Waals surface area contributed by atoms with Crippen LogP contribution >= 0.6 is 59.6 Å². The number of hydrogen-bond donors (Lipinski definition) is 1. The second-order valence-corrected chi connectivity index (χ2v) is 9.43. The molecule has 1 saturated heterocycles. The topological polar surface area (TPSA) is 50.7 Å². The van der Waals surface area contributed by atoms with E-state index in [1.54, 1.807) is 7.11 Å². The second kappa shape index (κ2) is 8.51. The molecule has 1 heterocycles. The van der Waals surface area contributed by atoms with Crippen LogP contribution < -0.4 is 10.1 Å². The van der Waals surface area contributed by atoms with Crippen molar-refractivity contribution in [3.8, 4) is 5.75 Å². The van der Waals surface area contributed by atoms with Gasteiger partial charge in [-0.25, -0.2) is 4.99 Å². The summed E-state index contributed by atoms with van der Waals surface area (Å²) in [6.45, 7) is 4.04. The lowest BCUT2D eigenvalue weighted by molar-refractivity contribution is -0.115. The molecule has 0 bridgehead atoms. The molecule has 27 heavy (non-hydrogen) atoms. The van der Waals surface area contributed by atoms with Crippen molar-refractivity contribution in [2.45, 2.75) is 13.8 Å². The number of nitrogens with zero attached hydrogens (tertiary/aromatic N) is 1. The normalized spacial score (nSPS) is 16.9. The van der Waals surface area contributed by atoms with Crippen LogP contribution in [0.3, 0.4) is 0 Å². The number of hydrogen-bond acceptors (Lipinski definition) is 4. The van der Waals surface area contributed by atoms with Gasteiger partial charge in [0.05, 0.1) is 26.6 Å². The fourth-order valence-electron chi connectivity index (χ4n) is 2.59. The number of nitrogens with one attached hydrogen (secondary N) is 1. The molecule has 8 heteroatoms. The number of thioether (sulfide) groups is 1. The van der Waals surface area contributed by atoms with E-state index in [-0.39, 0.29) is 5.91 Å². The summed E-state index contributed by atoms with van der Waals surface area (Å²) in [4.78, 5) is 17.5. The highest BCUT2D eigenvalue weighted by Gasteiger charge is 2.24. The fourth-order valence-corrected chi connectivity index (χ4v) is 5.21. The van der Waals surface area contributed by atoms with Gasteiger partial charge < -0.3 is 10.1 Å². The van der Waals surface area contributed by atoms with Crippen LogP contribution in [0.15, 0.2) is 47.6 Å². The van der Waals surface area contributed by atoms with Gasteiger partial charge in [0.15, 0.2) is 5.17 Å². The number of methoxy groups -OCH3 is 1. The van der Waals surface area contributed by atoms with Crippen molar-refractivity contribution in [3.63, 3.8) is 0 Å². The first-order valence-corrected chi connectivity index (χ1v) is 11.1. The third-order valence-corrected chi connectivity index (χ3v) is 7.16. The number of rotatable bonds is 3. The SMILES string of the molecule is COc1c(Br)cc(/C=C2\SC(=Nc3cc(C)c(Br)c(C)c3)NC2=O)cc1Br. The molecule has 2 aromatic carbocycles. The summed E-state index contributed by atoms with van der Waals surface area (Å²) in [6, 6.07) is 7.77. The molecule has 2 aromatic rings. The monoisotopic (exact) mass is 572 g/mol. The van der Waals surface area contributed by atoms with E-state index in [2.05, 4.69) is 58.1 Å². The number of carbonyl (C=O) groups excluding carboxylic acids is 1. The van der Waals surface area contributed by atoms with Crippen molar-refractivity contribution < 1.29 is 9.53 Å². The predicted molar refractivity (Wildman–Crippen MR) is 123 cm³/mol. The van der Waals surface area contributed by atoms with E-state index >= 15 is 0 Å². The Hall–Kier alpha value is -1.09. The van der Waals surface area contributed by atoms with Crippen molar-refractivity contribution in [1.29, 1.82) is 0 Å². The molecule has 4 nitrogen and oxygen atoms in total. The molecule has 1 aliphatic rings. The minimum absolute atomic E-state index is 0.160. The van der Waals surface area contributed by atoms with E-state index < -0.39 is 0 Å². The molecule has 1 amide bonds. The van der Waals surface area contributed by atoms with E-state index in [0.29, 0.717) is 15.8 Å². The predicted octanol–water partition coefficient (Wildman–Crippen LogP) is 6.49. The number of ether oxygens (including phenoxy) is 1. The zero-order valence-corrected chi connectivity index (χ0v) is 20.3. The standard InChI is InChI=1S/C19H15Br3N2O2S/c1-9-4-12(5-10(2)16(9)22)23-19-24-18(25)15(27-19)8-11-6-13(20)17(26-3)14(21)7-11/h4-8H,1-3H3,(H,23,24,25)/b15-8-.